The van der Waals surface area contributed by atoms with Gasteiger partial charge in [0.25, 0.3) is 0 Å². The van der Waals surface area contributed by atoms with E-state index in [9.17, 15) is 4.79 Å². The van der Waals surface area contributed by atoms with Crippen molar-refractivity contribution in [2.75, 3.05) is 10.6 Å². The molecule has 0 aliphatic heterocycles. The summed E-state index contributed by atoms with van der Waals surface area (Å²) in [6.45, 7) is 0.519. The Labute approximate surface area is 160 Å². The van der Waals surface area contributed by atoms with Crippen molar-refractivity contribution >= 4 is 40.3 Å². The molecule has 7 heteroatoms. The second-order valence-corrected chi connectivity index (χ2v) is 6.29. The van der Waals surface area contributed by atoms with Crippen molar-refractivity contribution in [3.05, 3.63) is 83.6 Å². The van der Waals surface area contributed by atoms with Gasteiger partial charge in [0, 0.05) is 18.9 Å². The van der Waals surface area contributed by atoms with Crippen LogP contribution in [0.15, 0.2) is 73.1 Å². The summed E-state index contributed by atoms with van der Waals surface area (Å²) >= 11 is 6.17. The molecule has 2 aromatic carbocycles. The molecule has 27 heavy (non-hydrogen) atoms. The molecular weight excluding hydrogens is 362 g/mol. The lowest BCUT2D eigenvalue weighted by atomic mass is 10.3. The van der Waals surface area contributed by atoms with Gasteiger partial charge < -0.3 is 10.6 Å². The summed E-state index contributed by atoms with van der Waals surface area (Å²) in [5, 5.41) is 6.55. The molecule has 0 aliphatic rings. The van der Waals surface area contributed by atoms with E-state index < -0.39 is 0 Å². The number of nitrogens with one attached hydrogen (secondary N) is 2. The van der Waals surface area contributed by atoms with Crippen LogP contribution in [0.1, 0.15) is 5.56 Å². The number of benzene rings is 2. The number of fused-ring (bicyclic) bond motifs is 1. The topological polar surface area (TPSA) is 71.8 Å². The molecule has 6 nitrogen and oxygen atoms in total. The number of carbonyl (C=O) groups excluding carboxylic acids is 1. The molecule has 2 N–H and O–H groups in total. The normalized spacial score (nSPS) is 10.7. The third kappa shape index (κ3) is 3.61. The smallest absolute Gasteiger partial charge is 0.333 e. The van der Waals surface area contributed by atoms with Gasteiger partial charge in [-0.1, -0.05) is 35.9 Å². The maximum absolute atomic E-state index is 13.0. The zero-order chi connectivity index (χ0) is 18.6. The van der Waals surface area contributed by atoms with Crippen LogP contribution in [0.4, 0.5) is 16.4 Å². The second-order valence-electron chi connectivity index (χ2n) is 5.88. The minimum Gasteiger partial charge on any atom is -0.351 e. The molecule has 0 unspecified atom stereocenters. The number of amides is 1. The lowest BCUT2D eigenvalue weighted by Crippen LogP contribution is -2.21. The van der Waals surface area contributed by atoms with Gasteiger partial charge in [-0.2, -0.15) is 0 Å². The molecule has 0 aliphatic carbocycles. The van der Waals surface area contributed by atoms with Crippen LogP contribution in [0.25, 0.3) is 11.0 Å². The van der Waals surface area contributed by atoms with Gasteiger partial charge in [0.15, 0.2) is 0 Å². The van der Waals surface area contributed by atoms with Gasteiger partial charge in [-0.05, 0) is 42.0 Å². The molecule has 0 fully saturated rings. The first-order valence-electron chi connectivity index (χ1n) is 8.38. The molecule has 2 aromatic heterocycles. The zero-order valence-corrected chi connectivity index (χ0v) is 15.0. The number of hydrogen-bond donors (Lipinski definition) is 2. The van der Waals surface area contributed by atoms with Crippen LogP contribution in [0, 0.1) is 0 Å². The summed E-state index contributed by atoms with van der Waals surface area (Å²) in [5.41, 5.74) is 3.01. The quantitative estimate of drug-likeness (QED) is 0.537. The SMILES string of the molecule is O=C(Nc1ccccc1Cl)n1c(NCc2ccncc2)nc2ccccc21. The Kier molecular flexibility index (Phi) is 4.72. The monoisotopic (exact) mass is 377 g/mol. The van der Waals surface area contributed by atoms with E-state index >= 15 is 0 Å². The number of nitrogens with zero attached hydrogens (tertiary/aromatic N) is 3. The van der Waals surface area contributed by atoms with Gasteiger partial charge in [0.05, 0.1) is 21.7 Å². The molecule has 2 heterocycles. The Bertz CT molecular complexity index is 1090. The van der Waals surface area contributed by atoms with Gasteiger partial charge in [-0.3, -0.25) is 4.98 Å². The molecule has 0 bridgehead atoms. The molecular formula is C20H16ClN5O. The van der Waals surface area contributed by atoms with Crippen LogP contribution in [0.5, 0.6) is 0 Å². The third-order valence-electron chi connectivity index (χ3n) is 4.08. The molecule has 4 aromatic rings. The lowest BCUT2D eigenvalue weighted by Gasteiger charge is -2.12. The first-order chi connectivity index (χ1) is 13.2. The summed E-state index contributed by atoms with van der Waals surface area (Å²) in [4.78, 5) is 21.5. The van der Waals surface area contributed by atoms with Crippen molar-refractivity contribution in [2.24, 2.45) is 0 Å². The minimum atomic E-state index is -0.339. The molecule has 0 saturated heterocycles. The van der Waals surface area contributed by atoms with Crippen molar-refractivity contribution in [2.45, 2.75) is 6.54 Å². The highest BCUT2D eigenvalue weighted by atomic mass is 35.5. The van der Waals surface area contributed by atoms with E-state index in [1.54, 1.807) is 24.5 Å². The number of imidazole rings is 1. The predicted molar refractivity (Wildman–Crippen MR) is 107 cm³/mol. The van der Waals surface area contributed by atoms with Crippen molar-refractivity contribution in [1.82, 2.24) is 14.5 Å². The molecule has 134 valence electrons. The maximum atomic E-state index is 13.0. The van der Waals surface area contributed by atoms with E-state index in [0.717, 1.165) is 11.1 Å². The van der Waals surface area contributed by atoms with Crippen LogP contribution >= 0.6 is 11.6 Å². The highest BCUT2D eigenvalue weighted by molar-refractivity contribution is 6.33. The third-order valence-corrected chi connectivity index (χ3v) is 4.41. The van der Waals surface area contributed by atoms with Crippen LogP contribution in [0.2, 0.25) is 5.02 Å². The summed E-state index contributed by atoms with van der Waals surface area (Å²) in [5.74, 6) is 0.456. The Balaban J connectivity index is 1.67. The first kappa shape index (κ1) is 17.1. The average Bonchev–Trinajstić information content (AvgIpc) is 3.07. The number of carbonyl (C=O) groups is 1. The number of aromatic nitrogens is 3. The fourth-order valence-electron chi connectivity index (χ4n) is 2.77. The van der Waals surface area contributed by atoms with Gasteiger partial charge in [0.1, 0.15) is 0 Å². The fraction of sp³-hybridized carbons (Fsp3) is 0.0500. The van der Waals surface area contributed by atoms with Gasteiger partial charge in [0.2, 0.25) is 5.95 Å². The number of halogens is 1. The van der Waals surface area contributed by atoms with Crippen LogP contribution in [-0.2, 0) is 6.54 Å². The van der Waals surface area contributed by atoms with Crippen LogP contribution < -0.4 is 10.6 Å². The van der Waals surface area contributed by atoms with Crippen molar-refractivity contribution < 1.29 is 4.79 Å². The van der Waals surface area contributed by atoms with E-state index in [-0.39, 0.29) is 6.03 Å². The lowest BCUT2D eigenvalue weighted by molar-refractivity contribution is 0.254. The standard InChI is InChI=1S/C20H16ClN5O/c21-15-5-1-2-6-16(15)25-20(27)26-18-8-4-3-7-17(18)24-19(26)23-13-14-9-11-22-12-10-14/h1-12H,13H2,(H,23,24)(H,25,27). The molecule has 4 rings (SSSR count). The van der Waals surface area contributed by atoms with Gasteiger partial charge >= 0.3 is 6.03 Å². The predicted octanol–water partition coefficient (Wildman–Crippen LogP) is 4.78. The Morgan fingerprint density at radius 1 is 1.00 bits per heavy atom. The largest absolute Gasteiger partial charge is 0.351 e. The van der Waals surface area contributed by atoms with Gasteiger partial charge in [-0.15, -0.1) is 0 Å². The molecule has 1 amide bonds. The zero-order valence-electron chi connectivity index (χ0n) is 14.3. The van der Waals surface area contributed by atoms with Crippen molar-refractivity contribution in [3.63, 3.8) is 0 Å². The molecule has 0 spiro atoms. The summed E-state index contributed by atoms with van der Waals surface area (Å²) < 4.78 is 1.51. The number of hydrogen-bond acceptors (Lipinski definition) is 4. The number of rotatable bonds is 4. The summed E-state index contributed by atoms with van der Waals surface area (Å²) in [6, 6.07) is 18.1. The number of pyridine rings is 1. The van der Waals surface area contributed by atoms with E-state index in [1.165, 1.54) is 4.57 Å². The Morgan fingerprint density at radius 2 is 1.74 bits per heavy atom. The van der Waals surface area contributed by atoms with Crippen molar-refractivity contribution in [1.29, 1.82) is 0 Å². The van der Waals surface area contributed by atoms with E-state index in [4.69, 9.17) is 11.6 Å². The van der Waals surface area contributed by atoms with Gasteiger partial charge in [-0.25, -0.2) is 14.3 Å². The average molecular weight is 378 g/mol. The number of para-hydroxylation sites is 3. The first-order valence-corrected chi connectivity index (χ1v) is 8.76. The van der Waals surface area contributed by atoms with Crippen LogP contribution in [0.3, 0.4) is 0 Å². The van der Waals surface area contributed by atoms with E-state index in [1.807, 2.05) is 48.5 Å². The second kappa shape index (κ2) is 7.47. The van der Waals surface area contributed by atoms with E-state index in [0.29, 0.717) is 28.7 Å². The number of anilines is 2. The van der Waals surface area contributed by atoms with E-state index in [2.05, 4.69) is 20.6 Å². The Hall–Kier alpha value is -3.38. The highest BCUT2D eigenvalue weighted by Crippen LogP contribution is 2.24. The van der Waals surface area contributed by atoms with Crippen molar-refractivity contribution in [3.8, 4) is 0 Å². The highest BCUT2D eigenvalue weighted by Gasteiger charge is 2.17. The minimum absolute atomic E-state index is 0.339. The molecule has 0 saturated carbocycles. The molecule has 0 radical (unpaired) electrons. The fourth-order valence-corrected chi connectivity index (χ4v) is 2.95. The maximum Gasteiger partial charge on any atom is 0.333 e. The molecule has 0 atom stereocenters. The Morgan fingerprint density at radius 3 is 2.56 bits per heavy atom. The summed E-state index contributed by atoms with van der Waals surface area (Å²) in [6.07, 6.45) is 3.45. The van der Waals surface area contributed by atoms with Crippen LogP contribution in [-0.4, -0.2) is 20.6 Å². The summed E-state index contributed by atoms with van der Waals surface area (Å²) in [7, 11) is 0.